The predicted molar refractivity (Wildman–Crippen MR) is 129 cm³/mol. The molecule has 7 heteroatoms. The van der Waals surface area contributed by atoms with Crippen molar-refractivity contribution in [3.63, 3.8) is 0 Å². The third-order valence-corrected chi connectivity index (χ3v) is 6.41. The number of fused-ring (bicyclic) bond motifs is 1. The first kappa shape index (κ1) is 24.1. The van der Waals surface area contributed by atoms with E-state index in [-0.39, 0.29) is 11.4 Å². The van der Waals surface area contributed by atoms with Gasteiger partial charge in [0.2, 0.25) is 5.43 Å². The third-order valence-electron chi connectivity index (χ3n) is 5.41. The first-order chi connectivity index (χ1) is 15.5. The number of benzene rings is 1. The number of nitrogens with zero attached hydrogens (tertiary/aromatic N) is 1. The highest BCUT2D eigenvalue weighted by molar-refractivity contribution is 7.13. The number of aryl methyl sites for hydroxylation is 2. The third kappa shape index (κ3) is 6.26. The monoisotopic (exact) mass is 456 g/mol. The highest BCUT2D eigenvalue weighted by atomic mass is 32.1. The Kier molecular flexibility index (Phi) is 9.00. The molecule has 0 aliphatic rings. The summed E-state index contributed by atoms with van der Waals surface area (Å²) in [5.74, 6) is 0.215. The lowest BCUT2D eigenvalue weighted by molar-refractivity contribution is -0.134. The van der Waals surface area contributed by atoms with Crippen LogP contribution in [0.3, 0.4) is 0 Å². The minimum atomic E-state index is -0.270. The maximum Gasteiger partial charge on any atom is 0.311 e. The summed E-state index contributed by atoms with van der Waals surface area (Å²) in [4.78, 5) is 30.0. The molecule has 2 N–H and O–H groups in total. The second kappa shape index (κ2) is 11.9. The van der Waals surface area contributed by atoms with Gasteiger partial charge >= 0.3 is 5.97 Å². The normalized spacial score (nSPS) is 11.2. The quantitative estimate of drug-likeness (QED) is 0.211. The molecule has 32 heavy (non-hydrogen) atoms. The van der Waals surface area contributed by atoms with Crippen molar-refractivity contribution in [1.82, 2.24) is 4.98 Å². The van der Waals surface area contributed by atoms with Gasteiger partial charge in [-0.1, -0.05) is 32.6 Å². The summed E-state index contributed by atoms with van der Waals surface area (Å²) in [6.45, 7) is 4.69. The van der Waals surface area contributed by atoms with Gasteiger partial charge < -0.3 is 14.9 Å². The smallest absolute Gasteiger partial charge is 0.311 e. The Morgan fingerprint density at radius 2 is 1.97 bits per heavy atom. The topological polar surface area (TPSA) is 95.4 Å². The molecule has 0 saturated carbocycles. The first-order valence-electron chi connectivity index (χ1n) is 11.4. The summed E-state index contributed by atoms with van der Waals surface area (Å²) < 4.78 is 11.5. The van der Waals surface area contributed by atoms with Gasteiger partial charge in [0.05, 0.1) is 10.9 Å². The molecule has 3 aromatic rings. The Morgan fingerprint density at radius 3 is 2.69 bits per heavy atom. The predicted octanol–water partition coefficient (Wildman–Crippen LogP) is 5.77. The zero-order valence-electron chi connectivity index (χ0n) is 18.9. The molecule has 0 bridgehead atoms. The van der Waals surface area contributed by atoms with E-state index < -0.39 is 0 Å². The minimum Gasteiger partial charge on any atom is -0.463 e. The number of ether oxygens (including phenoxy) is 1. The molecule has 0 saturated heterocycles. The zero-order chi connectivity index (χ0) is 22.9. The van der Waals surface area contributed by atoms with Crippen LogP contribution in [-0.4, -0.2) is 17.5 Å². The van der Waals surface area contributed by atoms with Gasteiger partial charge in [0.25, 0.3) is 0 Å². The molecule has 0 atom stereocenters. The summed E-state index contributed by atoms with van der Waals surface area (Å²) in [7, 11) is 0. The van der Waals surface area contributed by atoms with E-state index in [1.165, 1.54) is 17.6 Å². The lowest BCUT2D eigenvalue weighted by Crippen LogP contribution is -2.11. The molecule has 1 aromatic carbocycles. The van der Waals surface area contributed by atoms with Crippen LogP contribution in [0.2, 0.25) is 0 Å². The number of nitrogens with two attached hydrogens (primary N) is 1. The van der Waals surface area contributed by atoms with Crippen molar-refractivity contribution in [1.29, 1.82) is 0 Å². The van der Waals surface area contributed by atoms with E-state index in [1.807, 2.05) is 18.4 Å². The zero-order valence-corrected chi connectivity index (χ0v) is 19.8. The van der Waals surface area contributed by atoms with Gasteiger partial charge in [-0.05, 0) is 50.8 Å². The van der Waals surface area contributed by atoms with Crippen molar-refractivity contribution < 1.29 is 13.9 Å². The molecule has 0 spiro atoms. The van der Waals surface area contributed by atoms with Gasteiger partial charge in [0.1, 0.15) is 22.6 Å². The van der Waals surface area contributed by atoms with Crippen LogP contribution in [-0.2, 0) is 11.2 Å². The van der Waals surface area contributed by atoms with Gasteiger partial charge in [0.15, 0.2) is 0 Å². The SMILES string of the molecule is CCCCCCc1cc2c(=O)c(-c3nc(C)cs3)coc2cc1OC(=O)CCCCCN. The van der Waals surface area contributed by atoms with E-state index in [0.29, 0.717) is 40.3 Å². The maximum absolute atomic E-state index is 13.2. The Bertz CT molecular complexity index is 1100. The summed E-state index contributed by atoms with van der Waals surface area (Å²) in [6, 6.07) is 3.51. The van der Waals surface area contributed by atoms with Crippen LogP contribution in [0.1, 0.15) is 69.5 Å². The summed E-state index contributed by atoms with van der Waals surface area (Å²) in [5.41, 5.74) is 8.00. The van der Waals surface area contributed by atoms with Crippen LogP contribution in [0.25, 0.3) is 21.5 Å². The molecule has 0 amide bonds. The number of unbranched alkanes of at least 4 members (excludes halogenated alkanes) is 5. The van der Waals surface area contributed by atoms with Crippen molar-refractivity contribution >= 4 is 28.3 Å². The van der Waals surface area contributed by atoms with Crippen molar-refractivity contribution in [2.75, 3.05) is 6.54 Å². The summed E-state index contributed by atoms with van der Waals surface area (Å²) in [5, 5.41) is 3.05. The summed E-state index contributed by atoms with van der Waals surface area (Å²) in [6.07, 6.45) is 9.45. The van der Waals surface area contributed by atoms with E-state index in [2.05, 4.69) is 11.9 Å². The second-order valence-electron chi connectivity index (χ2n) is 8.11. The fourth-order valence-electron chi connectivity index (χ4n) is 3.62. The number of thiazole rings is 1. The van der Waals surface area contributed by atoms with E-state index in [0.717, 1.165) is 62.6 Å². The van der Waals surface area contributed by atoms with Crippen LogP contribution >= 0.6 is 11.3 Å². The van der Waals surface area contributed by atoms with Crippen LogP contribution in [0, 0.1) is 6.92 Å². The molecule has 3 rings (SSSR count). The van der Waals surface area contributed by atoms with E-state index in [1.54, 1.807) is 6.07 Å². The molecule has 0 aliphatic heterocycles. The van der Waals surface area contributed by atoms with Crippen molar-refractivity contribution in [2.24, 2.45) is 5.73 Å². The number of carbonyl (C=O) groups is 1. The van der Waals surface area contributed by atoms with Crippen molar-refractivity contribution in [2.45, 2.75) is 71.6 Å². The number of esters is 1. The van der Waals surface area contributed by atoms with E-state index in [9.17, 15) is 9.59 Å². The fraction of sp³-hybridized carbons (Fsp3) is 0.480. The Morgan fingerprint density at radius 1 is 1.16 bits per heavy atom. The minimum absolute atomic E-state index is 0.116. The lowest BCUT2D eigenvalue weighted by Gasteiger charge is -2.12. The fourth-order valence-corrected chi connectivity index (χ4v) is 4.42. The molecule has 0 unspecified atom stereocenters. The lowest BCUT2D eigenvalue weighted by atomic mass is 10.0. The standard InChI is InChI=1S/C25H32N2O4S/c1-3-4-5-7-10-18-13-19-22(14-21(18)31-23(28)11-8-6-9-12-26)30-15-20(24(19)29)25-27-17(2)16-32-25/h13-16H,3-12,26H2,1-2H3. The largest absolute Gasteiger partial charge is 0.463 e. The molecule has 2 heterocycles. The Labute approximate surface area is 192 Å². The second-order valence-corrected chi connectivity index (χ2v) is 8.97. The molecular formula is C25H32N2O4S. The molecular weight excluding hydrogens is 424 g/mol. The first-order valence-corrected chi connectivity index (χ1v) is 12.3. The Balaban J connectivity index is 1.90. The number of rotatable bonds is 12. The van der Waals surface area contributed by atoms with Crippen LogP contribution in [0.5, 0.6) is 5.75 Å². The Hall–Kier alpha value is -2.51. The van der Waals surface area contributed by atoms with Crippen LogP contribution in [0.15, 0.2) is 33.0 Å². The molecule has 6 nitrogen and oxygen atoms in total. The average Bonchev–Trinajstić information content (AvgIpc) is 3.21. The van der Waals surface area contributed by atoms with Gasteiger partial charge in [-0.15, -0.1) is 11.3 Å². The van der Waals surface area contributed by atoms with Crippen molar-refractivity contribution in [3.8, 4) is 16.3 Å². The summed E-state index contributed by atoms with van der Waals surface area (Å²) >= 11 is 1.42. The number of aromatic nitrogens is 1. The average molecular weight is 457 g/mol. The molecule has 2 aromatic heterocycles. The van der Waals surface area contributed by atoms with Gasteiger partial charge in [0, 0.05) is 23.6 Å². The van der Waals surface area contributed by atoms with Gasteiger partial charge in [-0.3, -0.25) is 9.59 Å². The van der Waals surface area contributed by atoms with Gasteiger partial charge in [-0.2, -0.15) is 0 Å². The van der Waals surface area contributed by atoms with Crippen LogP contribution < -0.4 is 15.9 Å². The van der Waals surface area contributed by atoms with E-state index in [4.69, 9.17) is 14.9 Å². The molecule has 0 aliphatic carbocycles. The molecule has 172 valence electrons. The number of carbonyl (C=O) groups excluding carboxylic acids is 1. The maximum atomic E-state index is 13.2. The molecule has 0 radical (unpaired) electrons. The van der Waals surface area contributed by atoms with E-state index >= 15 is 0 Å². The highest BCUT2D eigenvalue weighted by Gasteiger charge is 2.17. The van der Waals surface area contributed by atoms with Crippen LogP contribution in [0.4, 0.5) is 0 Å². The van der Waals surface area contributed by atoms with Gasteiger partial charge in [-0.25, -0.2) is 4.98 Å². The van der Waals surface area contributed by atoms with Crippen molar-refractivity contribution in [3.05, 3.63) is 45.3 Å². The number of hydrogen-bond donors (Lipinski definition) is 1. The number of hydrogen-bond acceptors (Lipinski definition) is 7. The highest BCUT2D eigenvalue weighted by Crippen LogP contribution is 2.29. The molecule has 0 fully saturated rings.